The third-order valence-electron chi connectivity index (χ3n) is 2.47. The van der Waals surface area contributed by atoms with Crippen molar-refractivity contribution in [3.63, 3.8) is 0 Å². The van der Waals surface area contributed by atoms with Gasteiger partial charge in [-0.3, -0.25) is 4.79 Å². The first-order valence-corrected chi connectivity index (χ1v) is 6.66. The molecule has 21 heavy (non-hydrogen) atoms. The second-order valence-electron chi connectivity index (χ2n) is 4.08. The number of carbonyl (C=O) groups is 3. The molecule has 7 nitrogen and oxygen atoms in total. The summed E-state index contributed by atoms with van der Waals surface area (Å²) in [5, 5.41) is 16.8. The number of carbonyl (C=O) groups excluding carboxylic acids is 2. The van der Waals surface area contributed by atoms with Gasteiger partial charge in [0.15, 0.2) is 0 Å². The minimum Gasteiger partial charge on any atom is -0.478 e. The molecular formula is C13H16ClN3O4. The Morgan fingerprint density at radius 2 is 1.95 bits per heavy atom. The van der Waals surface area contributed by atoms with Crippen molar-refractivity contribution >= 4 is 35.2 Å². The van der Waals surface area contributed by atoms with Gasteiger partial charge < -0.3 is 21.1 Å². The number of anilines is 1. The van der Waals surface area contributed by atoms with E-state index in [1.54, 1.807) is 6.92 Å². The maximum atomic E-state index is 11.6. The van der Waals surface area contributed by atoms with Crippen molar-refractivity contribution in [1.82, 2.24) is 10.6 Å². The molecule has 0 radical (unpaired) electrons. The van der Waals surface area contributed by atoms with Gasteiger partial charge in [-0.1, -0.05) is 11.6 Å². The molecule has 0 aliphatic rings. The summed E-state index contributed by atoms with van der Waals surface area (Å²) in [6.07, 6.45) is 0.146. The van der Waals surface area contributed by atoms with Crippen LogP contribution in [0.5, 0.6) is 0 Å². The van der Waals surface area contributed by atoms with E-state index in [2.05, 4.69) is 16.0 Å². The van der Waals surface area contributed by atoms with Crippen LogP contribution in [0.25, 0.3) is 0 Å². The third-order valence-corrected chi connectivity index (χ3v) is 2.71. The maximum absolute atomic E-state index is 11.6. The highest BCUT2D eigenvalue weighted by molar-refractivity contribution is 6.31. The Morgan fingerprint density at radius 1 is 1.24 bits per heavy atom. The molecule has 0 saturated carbocycles. The Balaban J connectivity index is 2.55. The monoisotopic (exact) mass is 313 g/mol. The number of aromatic carboxylic acids is 1. The van der Waals surface area contributed by atoms with Crippen molar-refractivity contribution in [3.05, 3.63) is 28.8 Å². The van der Waals surface area contributed by atoms with E-state index in [1.807, 2.05) is 0 Å². The van der Waals surface area contributed by atoms with Crippen LogP contribution in [0.3, 0.4) is 0 Å². The van der Waals surface area contributed by atoms with Crippen LogP contribution >= 0.6 is 11.6 Å². The molecular weight excluding hydrogens is 298 g/mol. The predicted molar refractivity (Wildman–Crippen MR) is 78.7 cm³/mol. The van der Waals surface area contributed by atoms with E-state index in [4.69, 9.17) is 16.7 Å². The number of amides is 3. The average Bonchev–Trinajstić information content (AvgIpc) is 2.41. The molecule has 3 amide bonds. The molecule has 0 unspecified atom stereocenters. The fourth-order valence-electron chi connectivity index (χ4n) is 1.54. The van der Waals surface area contributed by atoms with Gasteiger partial charge in [0.05, 0.1) is 11.3 Å². The molecule has 1 rings (SSSR count). The van der Waals surface area contributed by atoms with E-state index in [0.29, 0.717) is 6.54 Å². The standard InChI is InChI=1S/C13H16ClN3O4/c1-2-15-11(18)5-6-16-13(21)17-10-4-3-8(14)7-9(10)12(19)20/h3-4,7H,2,5-6H2,1H3,(H,15,18)(H,19,20)(H2,16,17,21). The molecule has 8 heteroatoms. The zero-order chi connectivity index (χ0) is 15.8. The highest BCUT2D eigenvalue weighted by Crippen LogP contribution is 2.20. The summed E-state index contributed by atoms with van der Waals surface area (Å²) in [7, 11) is 0. The van der Waals surface area contributed by atoms with Crippen molar-refractivity contribution in [2.24, 2.45) is 0 Å². The summed E-state index contributed by atoms with van der Waals surface area (Å²) >= 11 is 5.71. The topological polar surface area (TPSA) is 108 Å². The van der Waals surface area contributed by atoms with E-state index in [0.717, 1.165) is 0 Å². The maximum Gasteiger partial charge on any atom is 0.337 e. The second-order valence-corrected chi connectivity index (χ2v) is 4.52. The van der Waals surface area contributed by atoms with Crippen LogP contribution in [0.15, 0.2) is 18.2 Å². The highest BCUT2D eigenvalue weighted by atomic mass is 35.5. The van der Waals surface area contributed by atoms with Gasteiger partial charge in [-0.05, 0) is 25.1 Å². The van der Waals surface area contributed by atoms with E-state index in [1.165, 1.54) is 18.2 Å². The van der Waals surface area contributed by atoms with E-state index in [-0.39, 0.29) is 35.1 Å². The Labute approximate surface area is 126 Å². The zero-order valence-corrected chi connectivity index (χ0v) is 12.2. The van der Waals surface area contributed by atoms with E-state index >= 15 is 0 Å². The molecule has 114 valence electrons. The molecule has 0 heterocycles. The summed E-state index contributed by atoms with van der Waals surface area (Å²) in [6.45, 7) is 2.47. The van der Waals surface area contributed by atoms with Crippen LogP contribution in [0.1, 0.15) is 23.7 Å². The fourth-order valence-corrected chi connectivity index (χ4v) is 1.72. The second kappa shape index (κ2) is 8.11. The Kier molecular flexibility index (Phi) is 6.48. The number of benzene rings is 1. The molecule has 1 aromatic carbocycles. The summed E-state index contributed by atoms with van der Waals surface area (Å²) in [4.78, 5) is 33.9. The number of rotatable bonds is 6. The molecule has 0 aliphatic heterocycles. The Bertz CT molecular complexity index is 548. The number of hydrogen-bond donors (Lipinski definition) is 4. The smallest absolute Gasteiger partial charge is 0.337 e. The normalized spacial score (nSPS) is 9.81. The van der Waals surface area contributed by atoms with Gasteiger partial charge in [-0.2, -0.15) is 0 Å². The van der Waals surface area contributed by atoms with Gasteiger partial charge in [0.1, 0.15) is 0 Å². The Morgan fingerprint density at radius 3 is 2.57 bits per heavy atom. The van der Waals surface area contributed by atoms with Gasteiger partial charge in [0.25, 0.3) is 0 Å². The molecule has 0 saturated heterocycles. The molecule has 0 aliphatic carbocycles. The summed E-state index contributed by atoms with van der Waals surface area (Å²) < 4.78 is 0. The number of urea groups is 1. The fraction of sp³-hybridized carbons (Fsp3) is 0.308. The third kappa shape index (κ3) is 5.70. The summed E-state index contributed by atoms with van der Waals surface area (Å²) in [5.41, 5.74) is 0.0174. The van der Waals surface area contributed by atoms with Gasteiger partial charge in [0, 0.05) is 24.5 Å². The minimum atomic E-state index is -1.20. The lowest BCUT2D eigenvalue weighted by Crippen LogP contribution is -2.33. The number of nitrogens with one attached hydrogen (secondary N) is 3. The molecule has 0 aromatic heterocycles. The molecule has 0 atom stereocenters. The van der Waals surface area contributed by atoms with Gasteiger partial charge >= 0.3 is 12.0 Å². The summed E-state index contributed by atoms with van der Waals surface area (Å²) in [5.74, 6) is -1.37. The van der Waals surface area contributed by atoms with Crippen molar-refractivity contribution < 1.29 is 19.5 Å². The zero-order valence-electron chi connectivity index (χ0n) is 11.4. The Hall–Kier alpha value is -2.28. The highest BCUT2D eigenvalue weighted by Gasteiger charge is 2.13. The van der Waals surface area contributed by atoms with Crippen LogP contribution in [-0.2, 0) is 4.79 Å². The van der Waals surface area contributed by atoms with Crippen LogP contribution in [0.2, 0.25) is 5.02 Å². The molecule has 0 fully saturated rings. The SMILES string of the molecule is CCNC(=O)CCNC(=O)Nc1ccc(Cl)cc1C(=O)O. The number of halogens is 1. The quantitative estimate of drug-likeness (QED) is 0.641. The van der Waals surface area contributed by atoms with Crippen molar-refractivity contribution in [2.75, 3.05) is 18.4 Å². The summed E-state index contributed by atoms with van der Waals surface area (Å²) in [6, 6.07) is 3.52. The lowest BCUT2D eigenvalue weighted by Gasteiger charge is -2.10. The van der Waals surface area contributed by atoms with E-state index < -0.39 is 12.0 Å². The van der Waals surface area contributed by atoms with Crippen LogP contribution in [-0.4, -0.2) is 36.1 Å². The van der Waals surface area contributed by atoms with Gasteiger partial charge in [0.2, 0.25) is 5.91 Å². The predicted octanol–water partition coefficient (Wildman–Crippen LogP) is 1.69. The van der Waals surface area contributed by atoms with Crippen molar-refractivity contribution in [3.8, 4) is 0 Å². The van der Waals surface area contributed by atoms with Crippen LogP contribution < -0.4 is 16.0 Å². The molecule has 1 aromatic rings. The first kappa shape index (κ1) is 16.8. The molecule has 4 N–H and O–H groups in total. The molecule has 0 spiro atoms. The largest absolute Gasteiger partial charge is 0.478 e. The number of carboxylic acid groups (broad SMARTS) is 1. The van der Waals surface area contributed by atoms with Gasteiger partial charge in [-0.25, -0.2) is 9.59 Å². The first-order chi connectivity index (χ1) is 9.93. The van der Waals surface area contributed by atoms with Crippen molar-refractivity contribution in [2.45, 2.75) is 13.3 Å². The lowest BCUT2D eigenvalue weighted by atomic mass is 10.2. The van der Waals surface area contributed by atoms with Crippen LogP contribution in [0.4, 0.5) is 10.5 Å². The molecule has 0 bridgehead atoms. The van der Waals surface area contributed by atoms with E-state index in [9.17, 15) is 14.4 Å². The average molecular weight is 314 g/mol. The lowest BCUT2D eigenvalue weighted by molar-refractivity contribution is -0.120. The first-order valence-electron chi connectivity index (χ1n) is 6.28. The van der Waals surface area contributed by atoms with Gasteiger partial charge in [-0.15, -0.1) is 0 Å². The number of hydrogen-bond acceptors (Lipinski definition) is 3. The van der Waals surface area contributed by atoms with Crippen LogP contribution in [0, 0.1) is 0 Å². The minimum absolute atomic E-state index is 0.110. The van der Waals surface area contributed by atoms with Crippen molar-refractivity contribution in [1.29, 1.82) is 0 Å². The number of carboxylic acids is 1.